The highest BCUT2D eigenvalue weighted by Crippen LogP contribution is 2.56. The van der Waals surface area contributed by atoms with Gasteiger partial charge in [-0.1, -0.05) is 54.6 Å². The summed E-state index contributed by atoms with van der Waals surface area (Å²) in [6.45, 7) is -0.0937. The Kier molecular flexibility index (Phi) is 9.44. The van der Waals surface area contributed by atoms with Gasteiger partial charge in [0.05, 0.1) is 13.2 Å². The van der Waals surface area contributed by atoms with E-state index in [1.165, 1.54) is 20.9 Å². The molecule has 3 aliphatic heterocycles. The SMILES string of the molecule is CN(C)C(=O)C=Cc1ccc(CN2O[C@@H]3[C@H]4OCO[C@H]4[C@H]4C[C@]3(C(=O)N(C)[C@H](Cc3ccccc3)C(=O)NCCO)[C@@H]2C(=O)O4)cc1. The Morgan fingerprint density at radius 1 is 1.04 bits per heavy atom. The summed E-state index contributed by atoms with van der Waals surface area (Å²) < 4.78 is 17.7. The molecule has 0 unspecified atom stereocenters. The van der Waals surface area contributed by atoms with Crippen LogP contribution in [-0.4, -0.2) is 121 Å². The Balaban J connectivity index is 1.31. The predicted octanol–water partition coefficient (Wildman–Crippen LogP) is 0.508. The van der Waals surface area contributed by atoms with E-state index in [0.717, 1.165) is 16.7 Å². The minimum Gasteiger partial charge on any atom is -0.458 e. The van der Waals surface area contributed by atoms with Crippen molar-refractivity contribution in [2.24, 2.45) is 5.41 Å². The monoisotopic (exact) mass is 648 g/mol. The number of amides is 3. The highest BCUT2D eigenvalue weighted by molar-refractivity contribution is 5.96. The van der Waals surface area contributed by atoms with E-state index in [1.807, 2.05) is 54.6 Å². The molecule has 47 heavy (non-hydrogen) atoms. The van der Waals surface area contributed by atoms with E-state index >= 15 is 0 Å². The third-order valence-corrected chi connectivity index (χ3v) is 9.42. The van der Waals surface area contributed by atoms with E-state index < -0.39 is 59.7 Å². The molecule has 2 N–H and O–H groups in total. The smallest absolute Gasteiger partial charge is 0.327 e. The zero-order valence-corrected chi connectivity index (χ0v) is 26.6. The van der Waals surface area contributed by atoms with E-state index in [1.54, 1.807) is 27.2 Å². The highest BCUT2D eigenvalue weighted by atomic mass is 16.8. The van der Waals surface area contributed by atoms with Gasteiger partial charge in [0.2, 0.25) is 17.7 Å². The second-order valence-corrected chi connectivity index (χ2v) is 12.5. The largest absolute Gasteiger partial charge is 0.458 e. The summed E-state index contributed by atoms with van der Waals surface area (Å²) in [5.41, 5.74) is 1.04. The number of likely N-dealkylation sites (N-methyl/N-ethyl adjacent to an activating group) is 2. The highest BCUT2D eigenvalue weighted by Gasteiger charge is 2.75. The van der Waals surface area contributed by atoms with E-state index in [2.05, 4.69) is 5.32 Å². The maximum Gasteiger partial charge on any atom is 0.327 e. The van der Waals surface area contributed by atoms with Gasteiger partial charge in [-0.05, 0) is 22.8 Å². The minimum atomic E-state index is -1.43. The first-order chi connectivity index (χ1) is 22.6. The van der Waals surface area contributed by atoms with Crippen molar-refractivity contribution in [1.29, 1.82) is 0 Å². The van der Waals surface area contributed by atoms with Gasteiger partial charge in [0.25, 0.3) is 0 Å². The standard InChI is InChI=1S/C34H40N4O9/c1-36(2)26(40)14-13-21-9-11-23(12-10-21)19-38-29-32(42)46-25-18-34(29,30(47-38)28-27(25)44-20-45-28)33(43)37(3)24(31(41)35-15-16-39)17-22-7-5-4-6-8-22/h4-14,24-25,27-30,39H,15-20H2,1-3H3,(H,35,41)/t24-,25-,27+,28+,29+,30-,34+/m1/s1. The summed E-state index contributed by atoms with van der Waals surface area (Å²) in [7, 11) is 4.92. The number of carbonyl (C=O) groups excluding carboxylic acids is 4. The molecule has 2 bridgehead atoms. The van der Waals surface area contributed by atoms with Crippen molar-refractivity contribution < 1.29 is 43.3 Å². The van der Waals surface area contributed by atoms with Gasteiger partial charge in [-0.3, -0.25) is 24.0 Å². The normalized spacial score (nSPS) is 28.4. The average molecular weight is 649 g/mol. The van der Waals surface area contributed by atoms with Crippen LogP contribution in [0.4, 0.5) is 0 Å². The van der Waals surface area contributed by atoms with Crippen molar-refractivity contribution in [1.82, 2.24) is 20.2 Å². The van der Waals surface area contributed by atoms with Gasteiger partial charge in [-0.15, -0.1) is 0 Å². The van der Waals surface area contributed by atoms with Gasteiger partial charge >= 0.3 is 5.97 Å². The maximum atomic E-state index is 14.9. The third-order valence-electron chi connectivity index (χ3n) is 9.42. The first kappa shape index (κ1) is 32.8. The zero-order valence-electron chi connectivity index (χ0n) is 26.6. The molecule has 7 atom stereocenters. The molecule has 4 fully saturated rings. The Morgan fingerprint density at radius 3 is 2.47 bits per heavy atom. The van der Waals surface area contributed by atoms with Crippen LogP contribution in [0.25, 0.3) is 6.08 Å². The van der Waals surface area contributed by atoms with Crippen LogP contribution in [0, 0.1) is 5.41 Å². The number of aliphatic hydroxyl groups excluding tert-OH is 1. The molecular formula is C34H40N4O9. The Hall–Kier alpha value is -4.14. The van der Waals surface area contributed by atoms with E-state index in [0.29, 0.717) is 0 Å². The first-order valence-electron chi connectivity index (χ1n) is 15.7. The molecule has 3 saturated heterocycles. The molecule has 13 heteroatoms. The quantitative estimate of drug-likeness (QED) is 0.261. The van der Waals surface area contributed by atoms with Gasteiger partial charge in [0.15, 0.2) is 6.04 Å². The predicted molar refractivity (Wildman–Crippen MR) is 167 cm³/mol. The molecular weight excluding hydrogens is 608 g/mol. The molecule has 6 rings (SSSR count). The maximum absolute atomic E-state index is 14.9. The van der Waals surface area contributed by atoms with Crippen LogP contribution in [0.5, 0.6) is 0 Å². The van der Waals surface area contributed by atoms with Crippen LogP contribution in [0.15, 0.2) is 60.7 Å². The lowest BCUT2D eigenvalue weighted by Gasteiger charge is -2.50. The first-order valence-corrected chi connectivity index (χ1v) is 15.7. The number of aliphatic hydroxyl groups is 1. The molecule has 3 heterocycles. The molecule has 0 aromatic heterocycles. The van der Waals surface area contributed by atoms with Crippen LogP contribution in [-0.2, 0) is 51.2 Å². The van der Waals surface area contributed by atoms with Crippen LogP contribution >= 0.6 is 0 Å². The number of benzene rings is 2. The molecule has 3 amide bonds. The second-order valence-electron chi connectivity index (χ2n) is 12.5. The number of hydroxylamine groups is 2. The fourth-order valence-electron chi connectivity index (χ4n) is 7.05. The number of nitrogens with zero attached hydrogens (tertiary/aromatic N) is 3. The summed E-state index contributed by atoms with van der Waals surface area (Å²) in [5.74, 6) is -1.60. The van der Waals surface area contributed by atoms with E-state index in [4.69, 9.17) is 19.0 Å². The third kappa shape index (κ3) is 6.17. The van der Waals surface area contributed by atoms with Gasteiger partial charge in [0.1, 0.15) is 42.7 Å². The van der Waals surface area contributed by atoms with Crippen molar-refractivity contribution in [3.8, 4) is 0 Å². The number of nitrogens with one attached hydrogen (secondary N) is 1. The second kappa shape index (κ2) is 13.5. The molecule has 250 valence electrons. The molecule has 2 aromatic rings. The molecule has 2 aromatic carbocycles. The van der Waals surface area contributed by atoms with Crippen LogP contribution < -0.4 is 5.32 Å². The minimum absolute atomic E-state index is 0.0283. The molecule has 0 spiro atoms. The number of hydrogen-bond acceptors (Lipinski definition) is 10. The molecule has 1 aliphatic carbocycles. The Morgan fingerprint density at radius 2 is 1.77 bits per heavy atom. The number of rotatable bonds is 11. The number of esters is 1. The van der Waals surface area contributed by atoms with Gasteiger partial charge in [-0.25, -0.2) is 0 Å². The summed E-state index contributed by atoms with van der Waals surface area (Å²) in [4.78, 5) is 63.5. The van der Waals surface area contributed by atoms with Crippen LogP contribution in [0.2, 0.25) is 0 Å². The fourth-order valence-corrected chi connectivity index (χ4v) is 7.05. The average Bonchev–Trinajstić information content (AvgIpc) is 3.70. The summed E-state index contributed by atoms with van der Waals surface area (Å²) in [5, 5.41) is 13.6. The van der Waals surface area contributed by atoms with Gasteiger partial charge in [-0.2, -0.15) is 5.06 Å². The van der Waals surface area contributed by atoms with Crippen molar-refractivity contribution in [2.45, 2.75) is 55.9 Å². The molecule has 1 saturated carbocycles. The summed E-state index contributed by atoms with van der Waals surface area (Å²) in [6, 6.07) is 14.7. The molecule has 0 radical (unpaired) electrons. The van der Waals surface area contributed by atoms with E-state index in [-0.39, 0.29) is 45.2 Å². The lowest BCUT2D eigenvalue weighted by molar-refractivity contribution is -0.204. The Labute approximate surface area is 272 Å². The number of fused-ring (bicyclic) bond motifs is 4. The van der Waals surface area contributed by atoms with Crippen molar-refractivity contribution >= 4 is 29.8 Å². The number of ether oxygens (including phenoxy) is 3. The summed E-state index contributed by atoms with van der Waals surface area (Å²) in [6.07, 6.45) is 0.680. The zero-order chi connectivity index (χ0) is 33.3. The lowest BCUT2D eigenvalue weighted by atomic mass is 9.62. The van der Waals surface area contributed by atoms with Crippen LogP contribution in [0.3, 0.4) is 0 Å². The van der Waals surface area contributed by atoms with Gasteiger partial charge < -0.3 is 34.4 Å². The van der Waals surface area contributed by atoms with Crippen molar-refractivity contribution in [3.63, 3.8) is 0 Å². The van der Waals surface area contributed by atoms with Crippen LogP contribution in [0.1, 0.15) is 23.1 Å². The van der Waals surface area contributed by atoms with E-state index in [9.17, 15) is 24.3 Å². The molecule has 13 nitrogen and oxygen atoms in total. The lowest BCUT2D eigenvalue weighted by Crippen LogP contribution is -2.70. The fraction of sp³-hybridized carbons (Fsp3) is 0.471. The topological polar surface area (TPSA) is 147 Å². The molecule has 4 aliphatic rings. The Bertz CT molecular complexity index is 1520. The van der Waals surface area contributed by atoms with Crippen molar-refractivity contribution in [2.75, 3.05) is 41.1 Å². The number of hydrogen-bond donors (Lipinski definition) is 2. The van der Waals surface area contributed by atoms with Crippen molar-refractivity contribution in [3.05, 3.63) is 77.4 Å². The van der Waals surface area contributed by atoms with Gasteiger partial charge in [0, 0.05) is 46.6 Å². The summed E-state index contributed by atoms with van der Waals surface area (Å²) >= 11 is 0. The number of carbonyl (C=O) groups is 4.